The van der Waals surface area contributed by atoms with Crippen molar-refractivity contribution in [1.29, 1.82) is 0 Å². The molecule has 0 bridgehead atoms. The summed E-state index contributed by atoms with van der Waals surface area (Å²) in [5.41, 5.74) is 1.87. The van der Waals surface area contributed by atoms with Crippen LogP contribution in [0, 0.1) is 5.82 Å². The summed E-state index contributed by atoms with van der Waals surface area (Å²) >= 11 is 0. The molecule has 0 spiro atoms. The number of carboxylic acid groups (broad SMARTS) is 1. The summed E-state index contributed by atoms with van der Waals surface area (Å²) in [7, 11) is 0. The molecule has 82 valence electrons. The van der Waals surface area contributed by atoms with E-state index >= 15 is 0 Å². The Bertz CT molecular complexity index is 505. The van der Waals surface area contributed by atoms with Crippen molar-refractivity contribution in [3.05, 3.63) is 41.8 Å². The minimum absolute atomic E-state index is 0.103. The van der Waals surface area contributed by atoms with Crippen LogP contribution in [0.15, 0.2) is 30.3 Å². The zero-order chi connectivity index (χ0) is 11.5. The number of benzene rings is 1. The van der Waals surface area contributed by atoms with Gasteiger partial charge < -0.3 is 5.11 Å². The van der Waals surface area contributed by atoms with Gasteiger partial charge in [-0.25, -0.2) is 4.39 Å². The Morgan fingerprint density at radius 1 is 1.38 bits per heavy atom. The van der Waals surface area contributed by atoms with E-state index in [2.05, 4.69) is 10.2 Å². The molecule has 2 rings (SSSR count). The van der Waals surface area contributed by atoms with E-state index in [1.54, 1.807) is 18.2 Å². The molecule has 0 aliphatic rings. The van der Waals surface area contributed by atoms with Gasteiger partial charge in [0, 0.05) is 11.3 Å². The van der Waals surface area contributed by atoms with Crippen LogP contribution in [0.2, 0.25) is 0 Å². The number of aromatic nitrogens is 2. The molecule has 0 aliphatic heterocycles. The van der Waals surface area contributed by atoms with E-state index in [9.17, 15) is 9.18 Å². The van der Waals surface area contributed by atoms with Crippen molar-refractivity contribution in [2.24, 2.45) is 0 Å². The maximum Gasteiger partial charge on any atom is 0.309 e. The largest absolute Gasteiger partial charge is 0.481 e. The molecule has 0 atom stereocenters. The molecule has 5 heteroatoms. The van der Waals surface area contributed by atoms with Gasteiger partial charge in [-0.1, -0.05) is 0 Å². The van der Waals surface area contributed by atoms with E-state index in [4.69, 9.17) is 5.11 Å². The predicted octanol–water partition coefficient (Wildman–Crippen LogP) is 1.84. The van der Waals surface area contributed by atoms with Gasteiger partial charge in [0.2, 0.25) is 0 Å². The van der Waals surface area contributed by atoms with Crippen LogP contribution < -0.4 is 0 Å². The molecule has 0 radical (unpaired) electrons. The second kappa shape index (κ2) is 4.14. The number of aliphatic carboxylic acids is 1. The van der Waals surface area contributed by atoms with Crippen LogP contribution in [-0.4, -0.2) is 21.3 Å². The van der Waals surface area contributed by atoms with Crippen molar-refractivity contribution >= 4 is 5.97 Å². The Morgan fingerprint density at radius 2 is 2.06 bits per heavy atom. The molecule has 0 fully saturated rings. The summed E-state index contributed by atoms with van der Waals surface area (Å²) < 4.78 is 12.7. The molecule has 1 aromatic heterocycles. The highest BCUT2D eigenvalue weighted by molar-refractivity contribution is 5.70. The van der Waals surface area contributed by atoms with Gasteiger partial charge in [-0.05, 0) is 30.3 Å². The number of carbonyl (C=O) groups is 1. The van der Waals surface area contributed by atoms with Gasteiger partial charge in [0.25, 0.3) is 0 Å². The number of nitrogens with one attached hydrogen (secondary N) is 1. The molecule has 1 aromatic carbocycles. The number of H-pyrrole nitrogens is 1. The van der Waals surface area contributed by atoms with E-state index in [0.717, 1.165) is 5.56 Å². The quantitative estimate of drug-likeness (QED) is 0.829. The minimum Gasteiger partial charge on any atom is -0.481 e. The molecule has 4 nitrogen and oxygen atoms in total. The second-order valence-electron chi connectivity index (χ2n) is 3.36. The molecule has 2 aromatic rings. The Balaban J connectivity index is 2.24. The fourth-order valence-electron chi connectivity index (χ4n) is 1.38. The van der Waals surface area contributed by atoms with E-state index in [0.29, 0.717) is 11.4 Å². The maximum absolute atomic E-state index is 12.7. The number of aromatic amines is 1. The van der Waals surface area contributed by atoms with Crippen molar-refractivity contribution < 1.29 is 14.3 Å². The van der Waals surface area contributed by atoms with Gasteiger partial charge in [-0.2, -0.15) is 5.10 Å². The van der Waals surface area contributed by atoms with E-state index in [1.807, 2.05) is 0 Å². The van der Waals surface area contributed by atoms with E-state index in [1.165, 1.54) is 12.1 Å². The highest BCUT2D eigenvalue weighted by Gasteiger charge is 2.06. The summed E-state index contributed by atoms with van der Waals surface area (Å²) in [5.74, 6) is -1.24. The number of rotatable bonds is 3. The first-order chi connectivity index (χ1) is 7.65. The van der Waals surface area contributed by atoms with Crippen molar-refractivity contribution in [2.75, 3.05) is 0 Å². The maximum atomic E-state index is 12.7. The second-order valence-corrected chi connectivity index (χ2v) is 3.36. The van der Waals surface area contributed by atoms with Gasteiger partial charge >= 0.3 is 5.97 Å². The smallest absolute Gasteiger partial charge is 0.309 e. The zero-order valence-electron chi connectivity index (χ0n) is 8.27. The monoisotopic (exact) mass is 220 g/mol. The number of carboxylic acids is 1. The lowest BCUT2D eigenvalue weighted by molar-refractivity contribution is -0.136. The lowest BCUT2D eigenvalue weighted by atomic mass is 10.1. The standard InChI is InChI=1S/C11H9FN2O2/c12-8-3-1-7(2-4-8)10-5-9(13-14-10)6-11(15)16/h1-5H,6H2,(H,13,14)(H,15,16). The fraction of sp³-hybridized carbons (Fsp3) is 0.0909. The van der Waals surface area contributed by atoms with Crippen molar-refractivity contribution in [3.8, 4) is 11.3 Å². The third-order valence-corrected chi connectivity index (χ3v) is 2.11. The number of hydrogen-bond donors (Lipinski definition) is 2. The first-order valence-electron chi connectivity index (χ1n) is 4.67. The van der Waals surface area contributed by atoms with Gasteiger partial charge in [0.15, 0.2) is 0 Å². The van der Waals surface area contributed by atoms with Crippen LogP contribution in [0.3, 0.4) is 0 Å². The lowest BCUT2D eigenvalue weighted by Crippen LogP contribution is -1.99. The van der Waals surface area contributed by atoms with E-state index < -0.39 is 5.97 Å². The number of nitrogens with zero attached hydrogens (tertiary/aromatic N) is 1. The van der Waals surface area contributed by atoms with Gasteiger partial charge in [-0.3, -0.25) is 9.89 Å². The molecule has 1 heterocycles. The third kappa shape index (κ3) is 2.25. The summed E-state index contributed by atoms with van der Waals surface area (Å²) in [5, 5.41) is 15.2. The average Bonchev–Trinajstić information content (AvgIpc) is 2.66. The molecule has 0 amide bonds. The fourth-order valence-corrected chi connectivity index (χ4v) is 1.38. The summed E-state index contributed by atoms with van der Waals surface area (Å²) in [6, 6.07) is 7.50. The molecule has 0 aliphatic carbocycles. The Hall–Kier alpha value is -2.17. The number of hydrogen-bond acceptors (Lipinski definition) is 2. The summed E-state index contributed by atoms with van der Waals surface area (Å²) in [4.78, 5) is 10.5. The molecule has 0 saturated carbocycles. The SMILES string of the molecule is O=C(O)Cc1cc(-c2ccc(F)cc2)n[nH]1. The highest BCUT2D eigenvalue weighted by atomic mass is 19.1. The van der Waals surface area contributed by atoms with Gasteiger partial charge in [-0.15, -0.1) is 0 Å². The summed E-state index contributed by atoms with van der Waals surface area (Å²) in [6.07, 6.45) is -0.103. The number of halogens is 1. The molecular weight excluding hydrogens is 211 g/mol. The van der Waals surface area contributed by atoms with Crippen LogP contribution in [0.1, 0.15) is 5.69 Å². The van der Waals surface area contributed by atoms with Crippen LogP contribution >= 0.6 is 0 Å². The molecule has 16 heavy (non-hydrogen) atoms. The first kappa shape index (κ1) is 10.4. The van der Waals surface area contributed by atoms with Crippen molar-refractivity contribution in [3.63, 3.8) is 0 Å². The predicted molar refractivity (Wildman–Crippen MR) is 55.3 cm³/mol. The highest BCUT2D eigenvalue weighted by Crippen LogP contribution is 2.18. The Labute approximate surface area is 90.7 Å². The Morgan fingerprint density at radius 3 is 2.69 bits per heavy atom. The van der Waals surface area contributed by atoms with Crippen LogP contribution in [0.5, 0.6) is 0 Å². The third-order valence-electron chi connectivity index (χ3n) is 2.11. The lowest BCUT2D eigenvalue weighted by Gasteiger charge is -1.94. The minimum atomic E-state index is -0.922. The summed E-state index contributed by atoms with van der Waals surface area (Å²) in [6.45, 7) is 0. The van der Waals surface area contributed by atoms with Gasteiger partial charge in [0.1, 0.15) is 5.82 Å². The zero-order valence-corrected chi connectivity index (χ0v) is 8.27. The molecule has 0 unspecified atom stereocenters. The van der Waals surface area contributed by atoms with E-state index in [-0.39, 0.29) is 12.2 Å². The van der Waals surface area contributed by atoms with Crippen molar-refractivity contribution in [2.45, 2.75) is 6.42 Å². The first-order valence-corrected chi connectivity index (χ1v) is 4.67. The molecular formula is C11H9FN2O2. The molecule has 2 N–H and O–H groups in total. The van der Waals surface area contributed by atoms with Crippen LogP contribution in [0.25, 0.3) is 11.3 Å². The van der Waals surface area contributed by atoms with Gasteiger partial charge in [0.05, 0.1) is 12.1 Å². The molecule has 0 saturated heterocycles. The Kier molecular flexibility index (Phi) is 2.68. The van der Waals surface area contributed by atoms with Crippen LogP contribution in [-0.2, 0) is 11.2 Å². The average molecular weight is 220 g/mol. The normalized spacial score (nSPS) is 10.3. The topological polar surface area (TPSA) is 66.0 Å². The van der Waals surface area contributed by atoms with Crippen LogP contribution in [0.4, 0.5) is 4.39 Å². The van der Waals surface area contributed by atoms with Crippen molar-refractivity contribution in [1.82, 2.24) is 10.2 Å².